The van der Waals surface area contributed by atoms with E-state index in [1.807, 2.05) is 47.4 Å². The number of rotatable bonds is 5. The summed E-state index contributed by atoms with van der Waals surface area (Å²) in [4.78, 5) is 14.8. The lowest BCUT2D eigenvalue weighted by Gasteiger charge is -2.26. The van der Waals surface area contributed by atoms with Gasteiger partial charge in [-0.2, -0.15) is 10.2 Å². The Kier molecular flexibility index (Phi) is 4.73. The standard InChI is InChI=1S/C18H27N5O/c1-13-10-19-21(11-13)12-17-6-5-7-22(17)18(24)9-16(4)23-15(3)8-14(2)20-23/h8,10-11,16-17H,5-7,9,12H2,1-4H3/t16-,17-/m0/s1. The molecule has 0 aliphatic carbocycles. The Bertz CT molecular complexity index is 717. The van der Waals surface area contributed by atoms with Crippen molar-refractivity contribution in [3.05, 3.63) is 35.4 Å². The summed E-state index contributed by atoms with van der Waals surface area (Å²) in [6.07, 6.45) is 6.53. The summed E-state index contributed by atoms with van der Waals surface area (Å²) in [7, 11) is 0. The van der Waals surface area contributed by atoms with E-state index in [1.54, 1.807) is 0 Å². The molecule has 24 heavy (non-hydrogen) atoms. The number of carbonyl (C=O) groups excluding carboxylic acids is 1. The third-order valence-corrected chi connectivity index (χ3v) is 4.79. The van der Waals surface area contributed by atoms with Gasteiger partial charge >= 0.3 is 0 Å². The molecule has 1 aliphatic rings. The SMILES string of the molecule is Cc1cnn(C[C@@H]2CCCN2C(=O)C[C@H](C)n2nc(C)cc2C)c1. The van der Waals surface area contributed by atoms with Crippen LogP contribution in [0.25, 0.3) is 0 Å². The summed E-state index contributed by atoms with van der Waals surface area (Å²) in [6, 6.07) is 2.39. The van der Waals surface area contributed by atoms with E-state index in [0.717, 1.165) is 42.9 Å². The predicted octanol–water partition coefficient (Wildman–Crippen LogP) is 2.65. The molecule has 2 aromatic heterocycles. The molecule has 130 valence electrons. The normalized spacial score (nSPS) is 19.0. The van der Waals surface area contributed by atoms with Gasteiger partial charge in [0.2, 0.25) is 5.91 Å². The molecule has 3 rings (SSSR count). The summed E-state index contributed by atoms with van der Waals surface area (Å²) < 4.78 is 3.92. The van der Waals surface area contributed by atoms with Crippen LogP contribution < -0.4 is 0 Å². The smallest absolute Gasteiger partial charge is 0.225 e. The monoisotopic (exact) mass is 329 g/mol. The summed E-state index contributed by atoms with van der Waals surface area (Å²) in [5, 5.41) is 8.87. The third-order valence-electron chi connectivity index (χ3n) is 4.79. The van der Waals surface area contributed by atoms with Gasteiger partial charge in [0.25, 0.3) is 0 Å². The first-order valence-electron chi connectivity index (χ1n) is 8.75. The lowest BCUT2D eigenvalue weighted by Crippen LogP contribution is -2.39. The highest BCUT2D eigenvalue weighted by atomic mass is 16.2. The molecule has 0 aromatic carbocycles. The van der Waals surface area contributed by atoms with Crippen LogP contribution >= 0.6 is 0 Å². The number of amides is 1. The molecule has 2 atom stereocenters. The zero-order chi connectivity index (χ0) is 17.3. The average molecular weight is 329 g/mol. The molecule has 2 aromatic rings. The first kappa shape index (κ1) is 16.7. The van der Waals surface area contributed by atoms with Crippen LogP contribution in [0.2, 0.25) is 0 Å². The molecule has 3 heterocycles. The first-order valence-corrected chi connectivity index (χ1v) is 8.75. The van der Waals surface area contributed by atoms with E-state index in [2.05, 4.69) is 23.2 Å². The van der Waals surface area contributed by atoms with Gasteiger partial charge in [0.05, 0.1) is 30.5 Å². The maximum Gasteiger partial charge on any atom is 0.225 e. The largest absolute Gasteiger partial charge is 0.338 e. The molecule has 6 nitrogen and oxygen atoms in total. The van der Waals surface area contributed by atoms with Crippen molar-refractivity contribution >= 4 is 5.91 Å². The topological polar surface area (TPSA) is 56.0 Å². The van der Waals surface area contributed by atoms with E-state index in [0.29, 0.717) is 6.42 Å². The minimum Gasteiger partial charge on any atom is -0.338 e. The highest BCUT2D eigenvalue weighted by Crippen LogP contribution is 2.23. The Morgan fingerprint density at radius 1 is 1.38 bits per heavy atom. The van der Waals surface area contributed by atoms with Gasteiger partial charge < -0.3 is 4.90 Å². The second-order valence-corrected chi connectivity index (χ2v) is 7.05. The van der Waals surface area contributed by atoms with Gasteiger partial charge in [-0.15, -0.1) is 0 Å². The molecular formula is C18H27N5O. The number of nitrogens with zero attached hydrogens (tertiary/aromatic N) is 5. The molecule has 1 amide bonds. The Morgan fingerprint density at radius 2 is 2.17 bits per heavy atom. The summed E-state index contributed by atoms with van der Waals surface area (Å²) in [6.45, 7) is 9.78. The highest BCUT2D eigenvalue weighted by molar-refractivity contribution is 5.77. The number of likely N-dealkylation sites (tertiary alicyclic amines) is 1. The number of aromatic nitrogens is 4. The van der Waals surface area contributed by atoms with Crippen LogP contribution in [-0.4, -0.2) is 43.0 Å². The van der Waals surface area contributed by atoms with Crippen molar-refractivity contribution in [2.75, 3.05) is 6.54 Å². The van der Waals surface area contributed by atoms with E-state index < -0.39 is 0 Å². The van der Waals surface area contributed by atoms with Crippen LogP contribution in [0.5, 0.6) is 0 Å². The van der Waals surface area contributed by atoms with Gasteiger partial charge in [-0.1, -0.05) is 0 Å². The molecule has 0 bridgehead atoms. The fourth-order valence-corrected chi connectivity index (χ4v) is 3.69. The molecule has 0 unspecified atom stereocenters. The molecule has 6 heteroatoms. The summed E-state index contributed by atoms with van der Waals surface area (Å²) >= 11 is 0. The second-order valence-electron chi connectivity index (χ2n) is 7.05. The number of hydrogen-bond donors (Lipinski definition) is 0. The molecule has 1 aliphatic heterocycles. The molecular weight excluding hydrogens is 302 g/mol. The van der Waals surface area contributed by atoms with Gasteiger partial charge in [0, 0.05) is 24.9 Å². The van der Waals surface area contributed by atoms with Crippen molar-refractivity contribution in [3.63, 3.8) is 0 Å². The summed E-state index contributed by atoms with van der Waals surface area (Å²) in [5.41, 5.74) is 3.27. The van der Waals surface area contributed by atoms with Crippen LogP contribution in [0.4, 0.5) is 0 Å². The fraction of sp³-hybridized carbons (Fsp3) is 0.611. The zero-order valence-corrected chi connectivity index (χ0v) is 15.1. The van der Waals surface area contributed by atoms with Crippen molar-refractivity contribution < 1.29 is 4.79 Å². The quantitative estimate of drug-likeness (QED) is 0.847. The van der Waals surface area contributed by atoms with Gasteiger partial charge in [-0.25, -0.2) is 0 Å². The lowest BCUT2D eigenvalue weighted by atomic mass is 10.2. The Labute approximate surface area is 143 Å². The van der Waals surface area contributed by atoms with Gasteiger partial charge in [-0.3, -0.25) is 14.2 Å². The maximum atomic E-state index is 12.8. The van der Waals surface area contributed by atoms with Crippen LogP contribution in [0, 0.1) is 20.8 Å². The number of aryl methyl sites for hydroxylation is 3. The summed E-state index contributed by atoms with van der Waals surface area (Å²) in [5.74, 6) is 0.224. The average Bonchev–Trinajstić information content (AvgIpc) is 3.20. The van der Waals surface area contributed by atoms with E-state index in [9.17, 15) is 4.79 Å². The van der Waals surface area contributed by atoms with Crippen molar-refractivity contribution in [2.24, 2.45) is 0 Å². The molecule has 1 saturated heterocycles. The van der Waals surface area contributed by atoms with Gasteiger partial charge in [0.1, 0.15) is 0 Å². The van der Waals surface area contributed by atoms with E-state index >= 15 is 0 Å². The molecule has 0 radical (unpaired) electrons. The molecule has 0 N–H and O–H groups in total. The lowest BCUT2D eigenvalue weighted by molar-refractivity contribution is -0.133. The van der Waals surface area contributed by atoms with Crippen LogP contribution in [0.1, 0.15) is 49.2 Å². The minimum atomic E-state index is 0.0828. The van der Waals surface area contributed by atoms with Crippen LogP contribution in [0.15, 0.2) is 18.5 Å². The minimum absolute atomic E-state index is 0.0828. The van der Waals surface area contributed by atoms with Crippen molar-refractivity contribution in [3.8, 4) is 0 Å². The zero-order valence-electron chi connectivity index (χ0n) is 15.1. The molecule has 0 saturated carbocycles. The van der Waals surface area contributed by atoms with Crippen molar-refractivity contribution in [1.29, 1.82) is 0 Å². The second kappa shape index (κ2) is 6.79. The fourth-order valence-electron chi connectivity index (χ4n) is 3.69. The maximum absolute atomic E-state index is 12.8. The van der Waals surface area contributed by atoms with Crippen LogP contribution in [0.3, 0.4) is 0 Å². The first-order chi connectivity index (χ1) is 11.4. The van der Waals surface area contributed by atoms with Gasteiger partial charge in [0.15, 0.2) is 0 Å². The van der Waals surface area contributed by atoms with Crippen molar-refractivity contribution in [1.82, 2.24) is 24.5 Å². The number of hydrogen-bond acceptors (Lipinski definition) is 3. The van der Waals surface area contributed by atoms with E-state index in [-0.39, 0.29) is 18.0 Å². The van der Waals surface area contributed by atoms with E-state index in [1.165, 1.54) is 0 Å². The Balaban J connectivity index is 1.64. The number of carbonyl (C=O) groups is 1. The van der Waals surface area contributed by atoms with Crippen LogP contribution in [-0.2, 0) is 11.3 Å². The highest BCUT2D eigenvalue weighted by Gasteiger charge is 2.30. The Morgan fingerprint density at radius 3 is 2.79 bits per heavy atom. The van der Waals surface area contributed by atoms with Crippen molar-refractivity contribution in [2.45, 2.75) is 65.6 Å². The Hall–Kier alpha value is -2.11. The predicted molar refractivity (Wildman–Crippen MR) is 92.7 cm³/mol. The molecule has 1 fully saturated rings. The third kappa shape index (κ3) is 3.52. The molecule has 0 spiro atoms. The van der Waals surface area contributed by atoms with Gasteiger partial charge in [-0.05, 0) is 52.2 Å². The van der Waals surface area contributed by atoms with E-state index in [4.69, 9.17) is 0 Å².